The summed E-state index contributed by atoms with van der Waals surface area (Å²) in [5.74, 6) is 1.85. The largest absolute Gasteiger partial charge is 0.493 e. The molecule has 2 atom stereocenters. The number of rotatable bonds is 19. The summed E-state index contributed by atoms with van der Waals surface area (Å²) in [7, 11) is 0. The number of unbranched alkanes of at least 4 members (excludes halogenated alkanes) is 1. The molecule has 0 bridgehead atoms. The molecule has 1 fully saturated rings. The van der Waals surface area contributed by atoms with Crippen molar-refractivity contribution in [2.24, 2.45) is 0 Å². The molecule has 3 aromatic carbocycles. The lowest BCUT2D eigenvalue weighted by Gasteiger charge is -2.24. The number of hydrogen-bond acceptors (Lipinski definition) is 6. The Morgan fingerprint density at radius 1 is 0.959 bits per heavy atom. The maximum Gasteiger partial charge on any atom is 0.220 e. The third-order valence-electron chi connectivity index (χ3n) is 9.78. The SMILES string of the molecule is CCCCN(CCCF)CCCOc1cccc(-c2cccc3c2CCC3Nc2cc(OCC)c(CN[C@H]3CCC(=O)NC3)cc2Cl)c1C. The van der Waals surface area contributed by atoms with Crippen molar-refractivity contribution in [2.75, 3.05) is 51.4 Å². The van der Waals surface area contributed by atoms with Crippen LogP contribution >= 0.6 is 11.6 Å². The van der Waals surface area contributed by atoms with Gasteiger partial charge in [0.1, 0.15) is 11.5 Å². The van der Waals surface area contributed by atoms with Crippen LogP contribution in [-0.2, 0) is 17.8 Å². The van der Waals surface area contributed by atoms with Crippen LogP contribution in [-0.4, -0.2) is 62.9 Å². The maximum absolute atomic E-state index is 12.8. The van der Waals surface area contributed by atoms with E-state index in [2.05, 4.69) is 71.1 Å². The van der Waals surface area contributed by atoms with Gasteiger partial charge in [0.2, 0.25) is 5.91 Å². The number of hydrogen-bond donors (Lipinski definition) is 3. The highest BCUT2D eigenvalue weighted by molar-refractivity contribution is 6.33. The average molecular weight is 693 g/mol. The number of fused-ring (bicyclic) bond motifs is 1. The van der Waals surface area contributed by atoms with Gasteiger partial charge in [-0.05, 0) is 98.9 Å². The zero-order valence-corrected chi connectivity index (χ0v) is 30.3. The first kappa shape index (κ1) is 36.9. The minimum Gasteiger partial charge on any atom is -0.493 e. The van der Waals surface area contributed by atoms with Crippen molar-refractivity contribution in [2.45, 2.75) is 90.8 Å². The number of amides is 1. The van der Waals surface area contributed by atoms with Gasteiger partial charge in [-0.3, -0.25) is 9.18 Å². The Hall–Kier alpha value is -3.33. The maximum atomic E-state index is 12.8. The van der Waals surface area contributed by atoms with E-state index >= 15 is 0 Å². The van der Waals surface area contributed by atoms with Gasteiger partial charge in [-0.2, -0.15) is 0 Å². The van der Waals surface area contributed by atoms with Crippen molar-refractivity contribution in [3.05, 3.63) is 75.8 Å². The van der Waals surface area contributed by atoms with Crippen LogP contribution in [0.15, 0.2) is 48.5 Å². The molecule has 0 spiro atoms. The molecule has 1 amide bonds. The van der Waals surface area contributed by atoms with Crippen LogP contribution in [0, 0.1) is 6.92 Å². The average Bonchev–Trinajstić information content (AvgIpc) is 3.52. The number of carbonyl (C=O) groups excluding carboxylic acids is 1. The Labute approximate surface area is 297 Å². The lowest BCUT2D eigenvalue weighted by atomic mass is 9.93. The first-order chi connectivity index (χ1) is 23.9. The van der Waals surface area contributed by atoms with Gasteiger partial charge in [0.15, 0.2) is 0 Å². The quantitative estimate of drug-likeness (QED) is 0.110. The van der Waals surface area contributed by atoms with E-state index in [0.717, 1.165) is 86.5 Å². The Morgan fingerprint density at radius 3 is 2.53 bits per heavy atom. The molecule has 9 heteroatoms. The third kappa shape index (κ3) is 9.89. The van der Waals surface area contributed by atoms with Crippen molar-refractivity contribution >= 4 is 23.2 Å². The highest BCUT2D eigenvalue weighted by Crippen LogP contribution is 2.43. The van der Waals surface area contributed by atoms with Crippen molar-refractivity contribution in [3.8, 4) is 22.6 Å². The summed E-state index contributed by atoms with van der Waals surface area (Å²) in [6, 6.07) is 17.3. The number of halogens is 2. The third-order valence-corrected chi connectivity index (χ3v) is 10.1. The molecule has 1 aliphatic carbocycles. The minimum atomic E-state index is -0.260. The fraction of sp³-hybridized carbons (Fsp3) is 0.525. The van der Waals surface area contributed by atoms with Crippen molar-refractivity contribution in [1.29, 1.82) is 0 Å². The molecule has 7 nitrogen and oxygen atoms in total. The van der Waals surface area contributed by atoms with E-state index in [1.807, 2.05) is 19.1 Å². The topological polar surface area (TPSA) is 74.9 Å². The number of benzene rings is 3. The molecule has 266 valence electrons. The number of nitrogens with zero attached hydrogens (tertiary/aromatic N) is 1. The van der Waals surface area contributed by atoms with E-state index in [9.17, 15) is 9.18 Å². The summed E-state index contributed by atoms with van der Waals surface area (Å²) in [5.41, 5.74) is 8.13. The number of anilines is 1. The van der Waals surface area contributed by atoms with Crippen LogP contribution in [0.2, 0.25) is 5.02 Å². The summed E-state index contributed by atoms with van der Waals surface area (Å²) < 4.78 is 25.2. The van der Waals surface area contributed by atoms with Gasteiger partial charge in [-0.25, -0.2) is 0 Å². The van der Waals surface area contributed by atoms with Gasteiger partial charge in [0.05, 0.1) is 36.6 Å². The molecular formula is C40H54ClFN4O3. The van der Waals surface area contributed by atoms with E-state index in [4.69, 9.17) is 21.1 Å². The van der Waals surface area contributed by atoms with Crippen molar-refractivity contribution in [3.63, 3.8) is 0 Å². The summed E-state index contributed by atoms with van der Waals surface area (Å²) in [5, 5.41) is 10.9. The molecule has 1 saturated heterocycles. The zero-order chi connectivity index (χ0) is 34.6. The molecule has 5 rings (SSSR count). The number of ether oxygens (including phenoxy) is 2. The molecule has 3 N–H and O–H groups in total. The summed E-state index contributed by atoms with van der Waals surface area (Å²) in [6.45, 7) is 11.3. The fourth-order valence-corrected chi connectivity index (χ4v) is 7.31. The zero-order valence-electron chi connectivity index (χ0n) is 29.5. The van der Waals surface area contributed by atoms with Gasteiger partial charge >= 0.3 is 0 Å². The van der Waals surface area contributed by atoms with Crippen molar-refractivity contribution in [1.82, 2.24) is 15.5 Å². The predicted molar refractivity (Wildman–Crippen MR) is 199 cm³/mol. The molecule has 0 radical (unpaired) electrons. The molecular weight excluding hydrogens is 639 g/mol. The van der Waals surface area contributed by atoms with E-state index in [-0.39, 0.29) is 24.7 Å². The Bertz CT molecular complexity index is 1520. The standard InChI is InChI=1S/C40H54ClFN4O3/c1-4-6-20-46(21-9-19-42)22-10-23-49-38-14-8-11-31(28(38)3)32-12-7-13-34-33(32)16-17-36(34)45-37-25-39(48-5-2)29(24-35(37)41)26-43-30-15-18-40(47)44-27-30/h7-8,11-14,24-25,30,36,43,45H,4-6,9-10,15-23,26-27H2,1-3H3,(H,44,47)/t30-,36?/m0/s1. The molecule has 0 saturated carbocycles. The lowest BCUT2D eigenvalue weighted by molar-refractivity contribution is -0.122. The lowest BCUT2D eigenvalue weighted by Crippen LogP contribution is -2.45. The van der Waals surface area contributed by atoms with Crippen molar-refractivity contribution < 1.29 is 18.7 Å². The summed E-state index contributed by atoms with van der Waals surface area (Å²) >= 11 is 6.89. The van der Waals surface area contributed by atoms with Crippen LogP contribution < -0.4 is 25.4 Å². The second-order valence-corrected chi connectivity index (χ2v) is 13.7. The summed E-state index contributed by atoms with van der Waals surface area (Å²) in [6.07, 6.45) is 7.11. The number of alkyl halides is 1. The molecule has 1 aliphatic heterocycles. The van der Waals surface area contributed by atoms with Gasteiger partial charge in [-0.15, -0.1) is 0 Å². The van der Waals surface area contributed by atoms with Gasteiger partial charge in [-0.1, -0.05) is 55.3 Å². The second-order valence-electron chi connectivity index (χ2n) is 13.3. The van der Waals surface area contributed by atoms with Crippen LogP contribution in [0.1, 0.15) is 87.1 Å². The van der Waals surface area contributed by atoms with E-state index in [0.29, 0.717) is 44.2 Å². The van der Waals surface area contributed by atoms with Crippen LogP contribution in [0.25, 0.3) is 11.1 Å². The highest BCUT2D eigenvalue weighted by atomic mass is 35.5. The van der Waals surface area contributed by atoms with Gasteiger partial charge in [0, 0.05) is 50.3 Å². The van der Waals surface area contributed by atoms with Gasteiger partial charge in [0.25, 0.3) is 0 Å². The monoisotopic (exact) mass is 692 g/mol. The summed E-state index contributed by atoms with van der Waals surface area (Å²) in [4.78, 5) is 13.9. The highest BCUT2D eigenvalue weighted by Gasteiger charge is 2.27. The predicted octanol–water partition coefficient (Wildman–Crippen LogP) is 8.41. The number of nitrogens with one attached hydrogen (secondary N) is 3. The molecule has 2 aliphatic rings. The molecule has 0 aromatic heterocycles. The number of carbonyl (C=O) groups is 1. The smallest absolute Gasteiger partial charge is 0.220 e. The first-order valence-electron chi connectivity index (χ1n) is 18.3. The second kappa shape index (κ2) is 18.6. The van der Waals surface area contributed by atoms with E-state index in [1.54, 1.807) is 0 Å². The molecule has 3 aromatic rings. The normalized spacial score (nSPS) is 17.2. The van der Waals surface area contributed by atoms with Crippen LogP contribution in [0.5, 0.6) is 11.5 Å². The van der Waals surface area contributed by atoms with E-state index < -0.39 is 0 Å². The fourth-order valence-electron chi connectivity index (χ4n) is 7.07. The van der Waals surface area contributed by atoms with Crippen LogP contribution in [0.3, 0.4) is 0 Å². The Morgan fingerprint density at radius 2 is 1.76 bits per heavy atom. The first-order valence-corrected chi connectivity index (χ1v) is 18.6. The molecule has 49 heavy (non-hydrogen) atoms. The minimum absolute atomic E-state index is 0.115. The molecule has 1 unspecified atom stereocenters. The molecule has 1 heterocycles. The Balaban J connectivity index is 1.25. The van der Waals surface area contributed by atoms with Crippen LogP contribution in [0.4, 0.5) is 10.1 Å². The number of piperidine rings is 1. The van der Waals surface area contributed by atoms with Gasteiger partial charge < -0.3 is 30.3 Å². The Kier molecular flexibility index (Phi) is 14.0. The van der Waals surface area contributed by atoms with E-state index in [1.165, 1.54) is 22.3 Å².